The normalized spacial score (nSPS) is 29.1. The van der Waals surface area contributed by atoms with Gasteiger partial charge in [0.15, 0.2) is 0 Å². The van der Waals surface area contributed by atoms with Crippen molar-refractivity contribution in [1.29, 1.82) is 0 Å². The number of nitrogens with two attached hydrogens (primary N) is 1. The minimum Gasteiger partial charge on any atom is -0.329 e. The maximum Gasteiger partial charge on any atom is 0.0843 e. The van der Waals surface area contributed by atoms with Crippen molar-refractivity contribution in [2.45, 2.75) is 38.1 Å². The Bertz CT molecular complexity index is 443. The molecule has 0 amide bonds. The van der Waals surface area contributed by atoms with E-state index in [0.29, 0.717) is 6.04 Å². The molecule has 1 aromatic rings. The maximum atomic E-state index is 6.10. The number of hydrogen-bond acceptors (Lipinski definition) is 3. The maximum absolute atomic E-state index is 6.10. The molecule has 2 aliphatic rings. The highest BCUT2D eigenvalue weighted by Crippen LogP contribution is 2.41. The van der Waals surface area contributed by atoms with Crippen molar-refractivity contribution in [3.63, 3.8) is 0 Å². The first-order valence-corrected chi connectivity index (χ1v) is 9.98. The zero-order valence-electron chi connectivity index (χ0n) is 11.7. The standard InChI is InChI=1S/C15H22Br2N2S/c16-12-7-14(20-15(12)17)13(8-18)19-6-5-10-3-1-2-4-11(10)9-19/h7,10-11,13H,1-6,8-9,18H2. The molecule has 1 aliphatic heterocycles. The van der Waals surface area contributed by atoms with Crippen LogP contribution in [0.25, 0.3) is 0 Å². The van der Waals surface area contributed by atoms with Crippen molar-refractivity contribution >= 4 is 43.2 Å². The van der Waals surface area contributed by atoms with E-state index < -0.39 is 0 Å². The fourth-order valence-electron chi connectivity index (χ4n) is 3.88. The molecule has 0 bridgehead atoms. The number of halogens is 2. The first kappa shape index (κ1) is 15.5. The van der Waals surface area contributed by atoms with Crippen molar-refractivity contribution in [2.24, 2.45) is 17.6 Å². The van der Waals surface area contributed by atoms with E-state index in [1.165, 1.54) is 53.9 Å². The van der Waals surface area contributed by atoms with E-state index in [2.05, 4.69) is 42.8 Å². The molecule has 1 saturated carbocycles. The summed E-state index contributed by atoms with van der Waals surface area (Å²) in [7, 11) is 0. The largest absolute Gasteiger partial charge is 0.329 e. The zero-order chi connectivity index (χ0) is 14.1. The molecule has 20 heavy (non-hydrogen) atoms. The van der Waals surface area contributed by atoms with Crippen LogP contribution in [0.3, 0.4) is 0 Å². The Morgan fingerprint density at radius 2 is 2.00 bits per heavy atom. The van der Waals surface area contributed by atoms with Crippen LogP contribution < -0.4 is 5.73 Å². The van der Waals surface area contributed by atoms with Crippen LogP contribution >= 0.6 is 43.2 Å². The fraction of sp³-hybridized carbons (Fsp3) is 0.733. The van der Waals surface area contributed by atoms with E-state index in [0.717, 1.165) is 22.9 Å². The monoisotopic (exact) mass is 420 g/mol. The molecule has 2 nitrogen and oxygen atoms in total. The molecule has 3 unspecified atom stereocenters. The van der Waals surface area contributed by atoms with E-state index in [1.54, 1.807) is 0 Å². The van der Waals surface area contributed by atoms with Crippen molar-refractivity contribution in [3.05, 3.63) is 19.2 Å². The zero-order valence-corrected chi connectivity index (χ0v) is 15.6. The predicted molar refractivity (Wildman–Crippen MR) is 93.2 cm³/mol. The van der Waals surface area contributed by atoms with Gasteiger partial charge >= 0.3 is 0 Å². The van der Waals surface area contributed by atoms with Crippen molar-refractivity contribution < 1.29 is 0 Å². The number of thiophene rings is 1. The molecule has 3 rings (SSSR count). The van der Waals surface area contributed by atoms with Crippen LogP contribution in [-0.4, -0.2) is 24.5 Å². The lowest BCUT2D eigenvalue weighted by Gasteiger charge is -2.44. The van der Waals surface area contributed by atoms with Crippen LogP contribution in [0, 0.1) is 11.8 Å². The van der Waals surface area contributed by atoms with Gasteiger partial charge in [0.05, 0.1) is 9.83 Å². The second-order valence-corrected chi connectivity index (χ2v) is 9.37. The topological polar surface area (TPSA) is 29.3 Å². The summed E-state index contributed by atoms with van der Waals surface area (Å²) in [5.41, 5.74) is 6.10. The minimum absolute atomic E-state index is 0.394. The minimum atomic E-state index is 0.394. The van der Waals surface area contributed by atoms with E-state index in [1.807, 2.05) is 11.3 Å². The number of piperidine rings is 1. The van der Waals surface area contributed by atoms with Gasteiger partial charge in [0.1, 0.15) is 0 Å². The molecule has 1 aliphatic carbocycles. The molecule has 1 saturated heterocycles. The third kappa shape index (κ3) is 3.17. The average Bonchev–Trinajstić information content (AvgIpc) is 2.79. The summed E-state index contributed by atoms with van der Waals surface area (Å²) < 4.78 is 2.34. The lowest BCUT2D eigenvalue weighted by Crippen LogP contribution is -2.45. The van der Waals surface area contributed by atoms with Crippen LogP contribution in [0.1, 0.15) is 43.0 Å². The van der Waals surface area contributed by atoms with Crippen molar-refractivity contribution in [3.8, 4) is 0 Å². The average molecular weight is 422 g/mol. The molecule has 2 heterocycles. The van der Waals surface area contributed by atoms with Crippen LogP contribution in [0.2, 0.25) is 0 Å². The number of fused-ring (bicyclic) bond motifs is 1. The molecular formula is C15H22Br2N2S. The van der Waals surface area contributed by atoms with E-state index in [4.69, 9.17) is 5.73 Å². The van der Waals surface area contributed by atoms with Gasteiger partial charge in [-0.3, -0.25) is 4.90 Å². The molecule has 112 valence electrons. The quantitative estimate of drug-likeness (QED) is 0.760. The van der Waals surface area contributed by atoms with Gasteiger partial charge in [-0.25, -0.2) is 0 Å². The first-order valence-electron chi connectivity index (χ1n) is 7.58. The highest BCUT2D eigenvalue weighted by molar-refractivity contribution is 9.13. The molecule has 1 aromatic heterocycles. The summed E-state index contributed by atoms with van der Waals surface area (Å²) in [6.07, 6.45) is 7.14. The lowest BCUT2D eigenvalue weighted by atomic mass is 9.75. The fourth-order valence-corrected chi connectivity index (χ4v) is 6.12. The van der Waals surface area contributed by atoms with Crippen LogP contribution in [0.15, 0.2) is 14.3 Å². The molecule has 2 fully saturated rings. The number of nitrogens with zero attached hydrogens (tertiary/aromatic N) is 1. The number of rotatable bonds is 3. The Morgan fingerprint density at radius 3 is 2.65 bits per heavy atom. The van der Waals surface area contributed by atoms with E-state index in [-0.39, 0.29) is 0 Å². The lowest BCUT2D eigenvalue weighted by molar-refractivity contribution is 0.0596. The first-order chi connectivity index (χ1) is 9.69. The second kappa shape index (κ2) is 6.78. The van der Waals surface area contributed by atoms with Gasteiger partial charge in [-0.05, 0) is 69.1 Å². The van der Waals surface area contributed by atoms with Gasteiger partial charge < -0.3 is 5.73 Å². The van der Waals surface area contributed by atoms with Gasteiger partial charge in [-0.1, -0.05) is 19.3 Å². The van der Waals surface area contributed by atoms with Gasteiger partial charge in [0, 0.05) is 22.4 Å². The van der Waals surface area contributed by atoms with Crippen molar-refractivity contribution in [2.75, 3.05) is 19.6 Å². The van der Waals surface area contributed by atoms with Crippen LogP contribution in [0.5, 0.6) is 0 Å². The summed E-state index contributed by atoms with van der Waals surface area (Å²) in [5.74, 6) is 1.90. The number of hydrogen-bond donors (Lipinski definition) is 1. The van der Waals surface area contributed by atoms with Crippen LogP contribution in [0.4, 0.5) is 0 Å². The summed E-state index contributed by atoms with van der Waals surface area (Å²) in [6.45, 7) is 3.19. The SMILES string of the molecule is NCC(c1cc(Br)c(Br)s1)N1CCC2CCCCC2C1. The summed E-state index contributed by atoms with van der Waals surface area (Å²) in [6, 6.07) is 2.63. The van der Waals surface area contributed by atoms with E-state index >= 15 is 0 Å². The molecule has 0 spiro atoms. The Kier molecular flexibility index (Phi) is 5.24. The summed E-state index contributed by atoms with van der Waals surface area (Å²) in [4.78, 5) is 4.03. The third-order valence-electron chi connectivity index (χ3n) is 4.98. The molecule has 0 radical (unpaired) electrons. The van der Waals surface area contributed by atoms with Gasteiger partial charge in [0.25, 0.3) is 0 Å². The Hall–Kier alpha value is 0.580. The third-order valence-corrected chi connectivity index (χ3v) is 8.34. The second-order valence-electron chi connectivity index (χ2n) is 6.11. The van der Waals surface area contributed by atoms with E-state index in [9.17, 15) is 0 Å². The highest BCUT2D eigenvalue weighted by Gasteiger charge is 2.34. The Morgan fingerprint density at radius 1 is 1.25 bits per heavy atom. The smallest absolute Gasteiger partial charge is 0.0843 e. The molecule has 3 atom stereocenters. The van der Waals surface area contributed by atoms with Gasteiger partial charge in [0.2, 0.25) is 0 Å². The summed E-state index contributed by atoms with van der Waals surface area (Å²) >= 11 is 9.02. The predicted octanol–water partition coefficient (Wildman–Crippen LogP) is 4.79. The van der Waals surface area contributed by atoms with Crippen LogP contribution in [-0.2, 0) is 0 Å². The number of likely N-dealkylation sites (tertiary alicyclic amines) is 1. The summed E-state index contributed by atoms with van der Waals surface area (Å²) in [5, 5.41) is 0. The Balaban J connectivity index is 1.73. The molecule has 2 N–H and O–H groups in total. The van der Waals surface area contributed by atoms with Gasteiger partial charge in [-0.2, -0.15) is 0 Å². The Labute approximate surface area is 142 Å². The highest BCUT2D eigenvalue weighted by atomic mass is 79.9. The van der Waals surface area contributed by atoms with Gasteiger partial charge in [-0.15, -0.1) is 11.3 Å². The molecule has 5 heteroatoms. The molecule has 0 aromatic carbocycles. The molecular weight excluding hydrogens is 400 g/mol. The van der Waals surface area contributed by atoms with Crippen molar-refractivity contribution in [1.82, 2.24) is 4.90 Å².